The van der Waals surface area contributed by atoms with Gasteiger partial charge in [-0.05, 0) is 24.3 Å². The number of amides is 1. The largest absolute Gasteiger partial charge is 0.355 e. The average Bonchev–Trinajstić information content (AvgIpc) is 2.74. The van der Waals surface area contributed by atoms with E-state index in [2.05, 4.69) is 15.3 Å². The first-order valence-corrected chi connectivity index (χ1v) is 11.5. The number of carbonyl (C=O) groups is 1. The molecule has 1 fully saturated rings. The highest BCUT2D eigenvalue weighted by Gasteiger charge is 2.42. The highest BCUT2D eigenvalue weighted by Crippen LogP contribution is 2.36. The number of primary sulfonamides is 1. The Balaban J connectivity index is 1.75. The fourth-order valence-corrected chi connectivity index (χ4v) is 4.16. The summed E-state index contributed by atoms with van der Waals surface area (Å²) in [6.45, 7) is 1.32. The molecule has 33 heavy (non-hydrogen) atoms. The zero-order valence-electron chi connectivity index (χ0n) is 17.4. The van der Waals surface area contributed by atoms with E-state index in [1.807, 2.05) is 0 Å². The lowest BCUT2D eigenvalue weighted by atomic mass is 9.95. The first kappa shape index (κ1) is 22.9. The second kappa shape index (κ2) is 8.27. The first-order chi connectivity index (χ1) is 15.4. The molecule has 1 aliphatic heterocycles. The SMILES string of the molecule is C[C@@H]1CN(c2nc3cc(F)ccc3cc2C(=O)Nc2ccnc(S(N)(=O)=O)c2)CCC1(F)F. The molecule has 0 aliphatic carbocycles. The highest BCUT2D eigenvalue weighted by atomic mass is 32.2. The Bertz CT molecular complexity index is 1350. The Morgan fingerprint density at radius 2 is 2.00 bits per heavy atom. The van der Waals surface area contributed by atoms with E-state index in [1.165, 1.54) is 43.5 Å². The van der Waals surface area contributed by atoms with Crippen molar-refractivity contribution in [3.8, 4) is 0 Å². The van der Waals surface area contributed by atoms with E-state index >= 15 is 0 Å². The average molecular weight is 479 g/mol. The third-order valence-corrected chi connectivity index (χ3v) is 6.32. The molecule has 174 valence electrons. The molecule has 0 saturated carbocycles. The summed E-state index contributed by atoms with van der Waals surface area (Å²) in [7, 11) is -4.09. The Hall–Kier alpha value is -3.25. The number of fused-ring (bicyclic) bond motifs is 1. The Kier molecular flexibility index (Phi) is 5.74. The minimum atomic E-state index is -4.09. The van der Waals surface area contributed by atoms with Crippen LogP contribution in [0.2, 0.25) is 0 Å². The van der Waals surface area contributed by atoms with Gasteiger partial charge < -0.3 is 10.2 Å². The number of nitrogens with two attached hydrogens (primary N) is 1. The number of nitrogens with one attached hydrogen (secondary N) is 1. The van der Waals surface area contributed by atoms with Crippen LogP contribution in [0.5, 0.6) is 0 Å². The molecule has 1 aromatic carbocycles. The molecule has 1 aliphatic rings. The maximum Gasteiger partial charge on any atom is 0.259 e. The van der Waals surface area contributed by atoms with Crippen molar-refractivity contribution in [2.24, 2.45) is 11.1 Å². The van der Waals surface area contributed by atoms with Crippen molar-refractivity contribution in [2.75, 3.05) is 23.3 Å². The van der Waals surface area contributed by atoms with Crippen molar-refractivity contribution >= 4 is 38.3 Å². The normalized spacial score (nSPS) is 18.3. The molecule has 12 heteroatoms. The van der Waals surface area contributed by atoms with E-state index in [4.69, 9.17) is 5.14 Å². The standard InChI is InChI=1S/C21H20F3N5O3S/c1-12-11-29(7-5-21(12,23)24)19-16(8-13-2-3-14(22)9-17(13)28-19)20(30)27-15-4-6-26-18(10-15)33(25,31)32/h2-4,6,8-10,12H,5,7,11H2,1H3,(H2,25,31,32)(H,26,27,30)/t12-/m1/s1. The smallest absolute Gasteiger partial charge is 0.259 e. The number of sulfonamides is 1. The van der Waals surface area contributed by atoms with Crippen LogP contribution in [0.4, 0.5) is 24.7 Å². The summed E-state index contributed by atoms with van der Waals surface area (Å²) in [6.07, 6.45) is 0.756. The number of nitrogens with zero attached hydrogens (tertiary/aromatic N) is 3. The van der Waals surface area contributed by atoms with Crippen LogP contribution in [0, 0.1) is 11.7 Å². The number of anilines is 2. The summed E-state index contributed by atoms with van der Waals surface area (Å²) in [6, 6.07) is 7.84. The van der Waals surface area contributed by atoms with Crippen LogP contribution < -0.4 is 15.4 Å². The minimum Gasteiger partial charge on any atom is -0.355 e. The highest BCUT2D eigenvalue weighted by molar-refractivity contribution is 7.89. The molecule has 0 radical (unpaired) electrons. The molecule has 1 atom stereocenters. The van der Waals surface area contributed by atoms with Crippen LogP contribution in [0.3, 0.4) is 0 Å². The number of hydrogen-bond donors (Lipinski definition) is 2. The second-order valence-electron chi connectivity index (χ2n) is 7.94. The number of rotatable bonds is 4. The van der Waals surface area contributed by atoms with E-state index in [-0.39, 0.29) is 35.7 Å². The fraction of sp³-hybridized carbons (Fsp3) is 0.286. The summed E-state index contributed by atoms with van der Waals surface area (Å²) in [4.78, 5) is 22.8. The lowest BCUT2D eigenvalue weighted by Crippen LogP contribution is -2.46. The molecular weight excluding hydrogens is 459 g/mol. The number of halogens is 3. The van der Waals surface area contributed by atoms with Crippen LogP contribution in [-0.4, -0.2) is 43.3 Å². The third kappa shape index (κ3) is 4.76. The maximum atomic E-state index is 14.0. The van der Waals surface area contributed by atoms with E-state index in [1.54, 1.807) is 4.90 Å². The van der Waals surface area contributed by atoms with Gasteiger partial charge in [-0.3, -0.25) is 4.79 Å². The fourth-order valence-electron chi connectivity index (χ4n) is 3.66. The van der Waals surface area contributed by atoms with Gasteiger partial charge in [0.2, 0.25) is 0 Å². The number of carbonyl (C=O) groups excluding carboxylic acids is 1. The predicted octanol–water partition coefficient (Wildman–Crippen LogP) is 3.15. The van der Waals surface area contributed by atoms with Gasteiger partial charge in [-0.25, -0.2) is 36.7 Å². The molecule has 3 N–H and O–H groups in total. The minimum absolute atomic E-state index is 0.0454. The Morgan fingerprint density at radius 3 is 2.70 bits per heavy atom. The van der Waals surface area contributed by atoms with Gasteiger partial charge in [0.05, 0.1) is 11.1 Å². The molecule has 1 saturated heterocycles. The zero-order chi connectivity index (χ0) is 24.0. The van der Waals surface area contributed by atoms with Crippen LogP contribution in [0.15, 0.2) is 47.6 Å². The van der Waals surface area contributed by atoms with Crippen LogP contribution in [-0.2, 0) is 10.0 Å². The van der Waals surface area contributed by atoms with Gasteiger partial charge in [0, 0.05) is 54.8 Å². The predicted molar refractivity (Wildman–Crippen MR) is 116 cm³/mol. The van der Waals surface area contributed by atoms with Gasteiger partial charge in [-0.15, -0.1) is 0 Å². The molecule has 3 heterocycles. The van der Waals surface area contributed by atoms with Gasteiger partial charge >= 0.3 is 0 Å². The van der Waals surface area contributed by atoms with E-state index in [0.29, 0.717) is 5.39 Å². The van der Waals surface area contributed by atoms with Crippen molar-refractivity contribution in [1.29, 1.82) is 0 Å². The van der Waals surface area contributed by atoms with Crippen LogP contribution in [0.1, 0.15) is 23.7 Å². The van der Waals surface area contributed by atoms with E-state index < -0.39 is 45.0 Å². The molecule has 1 amide bonds. The van der Waals surface area contributed by atoms with Crippen LogP contribution in [0.25, 0.3) is 10.9 Å². The Morgan fingerprint density at radius 1 is 1.24 bits per heavy atom. The first-order valence-electron chi connectivity index (χ1n) is 9.97. The molecular formula is C21H20F3N5O3S. The van der Waals surface area contributed by atoms with Crippen molar-refractivity contribution in [3.05, 3.63) is 54.0 Å². The molecule has 0 spiro atoms. The van der Waals surface area contributed by atoms with Crippen molar-refractivity contribution in [3.63, 3.8) is 0 Å². The van der Waals surface area contributed by atoms with E-state index in [0.717, 1.165) is 6.07 Å². The zero-order valence-corrected chi connectivity index (χ0v) is 18.2. The van der Waals surface area contributed by atoms with Gasteiger partial charge in [-0.1, -0.05) is 6.92 Å². The number of piperidine rings is 1. The quantitative estimate of drug-likeness (QED) is 0.594. The summed E-state index contributed by atoms with van der Waals surface area (Å²) >= 11 is 0. The van der Waals surface area contributed by atoms with Gasteiger partial charge in [0.1, 0.15) is 11.6 Å². The summed E-state index contributed by atoms with van der Waals surface area (Å²) in [5.74, 6) is -4.87. The molecule has 4 rings (SSSR count). The molecule has 2 aromatic heterocycles. The van der Waals surface area contributed by atoms with Crippen LogP contribution >= 0.6 is 0 Å². The number of benzene rings is 1. The lowest BCUT2D eigenvalue weighted by Gasteiger charge is -2.38. The Labute approximate surface area is 187 Å². The van der Waals surface area contributed by atoms with Gasteiger partial charge in [-0.2, -0.15) is 0 Å². The second-order valence-corrected chi connectivity index (χ2v) is 9.44. The summed E-state index contributed by atoms with van der Waals surface area (Å²) in [5.41, 5.74) is 0.454. The number of pyridine rings is 2. The van der Waals surface area contributed by atoms with Crippen molar-refractivity contribution in [2.45, 2.75) is 24.3 Å². The number of alkyl halides is 2. The van der Waals surface area contributed by atoms with Crippen molar-refractivity contribution in [1.82, 2.24) is 9.97 Å². The number of aromatic nitrogens is 2. The molecule has 3 aromatic rings. The van der Waals surface area contributed by atoms with Gasteiger partial charge in [0.25, 0.3) is 21.9 Å². The van der Waals surface area contributed by atoms with Gasteiger partial charge in [0.15, 0.2) is 5.03 Å². The summed E-state index contributed by atoms with van der Waals surface area (Å²) in [5, 5.41) is 7.69. The molecule has 0 unspecified atom stereocenters. The molecule has 8 nitrogen and oxygen atoms in total. The monoisotopic (exact) mass is 479 g/mol. The van der Waals surface area contributed by atoms with E-state index in [9.17, 15) is 26.4 Å². The van der Waals surface area contributed by atoms with Crippen molar-refractivity contribution < 1.29 is 26.4 Å². The maximum absolute atomic E-state index is 14.0. The topological polar surface area (TPSA) is 118 Å². The lowest BCUT2D eigenvalue weighted by molar-refractivity contribution is -0.0652. The summed E-state index contributed by atoms with van der Waals surface area (Å²) < 4.78 is 64.9. The third-order valence-electron chi connectivity index (χ3n) is 5.52. The molecule has 0 bridgehead atoms. The number of hydrogen-bond acceptors (Lipinski definition) is 6.